The van der Waals surface area contributed by atoms with E-state index in [1.165, 1.54) is 19.2 Å². The molecule has 2 aliphatic carbocycles. The molecule has 2 aliphatic heterocycles. The number of aliphatic carboxylic acids is 1. The van der Waals surface area contributed by atoms with E-state index in [1.807, 2.05) is 18.5 Å². The highest BCUT2D eigenvalue weighted by atomic mass is 19.4. The molecule has 3 heterocycles. The highest BCUT2D eigenvalue weighted by Gasteiger charge is 2.55. The lowest BCUT2D eigenvalue weighted by atomic mass is 9.67. The summed E-state index contributed by atoms with van der Waals surface area (Å²) >= 11 is 0. The third-order valence-electron chi connectivity index (χ3n) is 7.23. The number of ether oxygens (including phenoxy) is 3. The molecule has 4 aliphatic rings. The second-order valence-corrected chi connectivity index (χ2v) is 9.78. The quantitative estimate of drug-likeness (QED) is 0.625. The largest absolute Gasteiger partial charge is 0.490 e. The van der Waals surface area contributed by atoms with E-state index in [0.717, 1.165) is 54.2 Å². The first kappa shape index (κ1) is 25.2. The number of carboxylic acids is 1. The highest BCUT2D eigenvalue weighted by Crippen LogP contribution is 2.53. The van der Waals surface area contributed by atoms with Crippen molar-refractivity contribution < 1.29 is 37.3 Å². The lowest BCUT2D eigenvalue weighted by Gasteiger charge is -2.48. The van der Waals surface area contributed by atoms with Crippen LogP contribution in [0.1, 0.15) is 37.7 Å². The Hall–Kier alpha value is -3.41. The zero-order valence-electron chi connectivity index (χ0n) is 19.9. The molecule has 37 heavy (non-hydrogen) atoms. The number of nitrogens with two attached hydrogens (primary N) is 1. The molecule has 1 spiro atoms. The predicted octanol–water partition coefficient (Wildman–Crippen LogP) is 3.67. The zero-order chi connectivity index (χ0) is 26.2. The normalized spacial score (nSPS) is 28.1. The maximum absolute atomic E-state index is 10.6. The Morgan fingerprint density at radius 1 is 1.16 bits per heavy atom. The van der Waals surface area contributed by atoms with Gasteiger partial charge in [0.2, 0.25) is 0 Å². The molecule has 6 rings (SSSR count). The third kappa shape index (κ3) is 5.34. The van der Waals surface area contributed by atoms with Gasteiger partial charge in [0, 0.05) is 36.0 Å². The monoisotopic (exact) mass is 520 g/mol. The van der Waals surface area contributed by atoms with Crippen molar-refractivity contribution >= 4 is 12.0 Å². The summed E-state index contributed by atoms with van der Waals surface area (Å²) in [6.45, 7) is 1.33. The summed E-state index contributed by atoms with van der Waals surface area (Å²) in [7, 11) is 0. The number of rotatable bonds is 4. The first-order chi connectivity index (χ1) is 17.7. The summed E-state index contributed by atoms with van der Waals surface area (Å²) in [4.78, 5) is 22.1. The van der Waals surface area contributed by atoms with Gasteiger partial charge in [0.15, 0.2) is 0 Å². The van der Waals surface area contributed by atoms with Crippen molar-refractivity contribution in [3.05, 3.63) is 42.5 Å². The molecule has 12 heteroatoms. The highest BCUT2D eigenvalue weighted by molar-refractivity contribution is 5.75. The van der Waals surface area contributed by atoms with Crippen molar-refractivity contribution in [2.75, 3.05) is 13.2 Å². The standard InChI is InChI=1S/C23H26N4O3.C2HF3O2/c24-22-27-23(12-29-22)18-7-15(16-9-25-13-26-10-16)3-5-20(18)30-21-6-4-17(8-19(21)23)28-11-14-1-2-14;3-2(4,5)1(6)7/h3,5,7,9-10,13-14,17,19,21H,1-2,4,6,8,11-12H2,(H2,24,27);(H,6,7)/t17-,19-,21-,23+;/m0./s1. The number of amidine groups is 1. The summed E-state index contributed by atoms with van der Waals surface area (Å²) in [5, 5.41) is 7.12. The lowest BCUT2D eigenvalue weighted by molar-refractivity contribution is -0.192. The van der Waals surface area contributed by atoms with Gasteiger partial charge in [0.05, 0.1) is 6.10 Å². The molecule has 1 aromatic heterocycles. The van der Waals surface area contributed by atoms with Gasteiger partial charge < -0.3 is 25.1 Å². The van der Waals surface area contributed by atoms with Crippen LogP contribution in [0.15, 0.2) is 41.9 Å². The molecule has 0 saturated heterocycles. The molecule has 2 saturated carbocycles. The number of benzene rings is 1. The van der Waals surface area contributed by atoms with Gasteiger partial charge in [-0.25, -0.2) is 19.8 Å². The first-order valence-corrected chi connectivity index (χ1v) is 12.1. The molecular formula is C25H27F3N4O5. The Bertz CT molecular complexity index is 1170. The minimum absolute atomic E-state index is 0.0995. The summed E-state index contributed by atoms with van der Waals surface area (Å²) in [6, 6.07) is 6.49. The summed E-state index contributed by atoms with van der Waals surface area (Å²) < 4.78 is 50.2. The summed E-state index contributed by atoms with van der Waals surface area (Å²) in [6.07, 6.45) is 5.95. The fourth-order valence-electron chi connectivity index (χ4n) is 5.19. The van der Waals surface area contributed by atoms with Crippen LogP contribution >= 0.6 is 0 Å². The molecule has 2 fully saturated rings. The van der Waals surface area contributed by atoms with Gasteiger partial charge in [-0.1, -0.05) is 6.07 Å². The number of fused-ring (bicyclic) bond motifs is 4. The third-order valence-corrected chi connectivity index (χ3v) is 7.23. The Balaban J connectivity index is 0.000000355. The molecule has 1 aromatic carbocycles. The predicted molar refractivity (Wildman–Crippen MR) is 125 cm³/mol. The number of alkyl halides is 3. The number of aromatic nitrogens is 2. The Morgan fingerprint density at radius 2 is 1.89 bits per heavy atom. The number of hydrogen-bond acceptors (Lipinski definition) is 8. The van der Waals surface area contributed by atoms with Gasteiger partial charge in [-0.15, -0.1) is 0 Å². The van der Waals surface area contributed by atoms with Crippen LogP contribution in [0.25, 0.3) is 11.1 Å². The number of halogens is 3. The van der Waals surface area contributed by atoms with E-state index in [2.05, 4.69) is 22.1 Å². The van der Waals surface area contributed by atoms with Crippen LogP contribution in [0.5, 0.6) is 5.75 Å². The molecule has 4 atom stereocenters. The van der Waals surface area contributed by atoms with E-state index in [9.17, 15) is 13.2 Å². The van der Waals surface area contributed by atoms with E-state index >= 15 is 0 Å². The Kier molecular flexibility index (Phi) is 6.69. The van der Waals surface area contributed by atoms with E-state index in [1.54, 1.807) is 0 Å². The Morgan fingerprint density at radius 3 is 2.51 bits per heavy atom. The van der Waals surface area contributed by atoms with Crippen LogP contribution in [-0.4, -0.2) is 58.7 Å². The molecule has 3 N–H and O–H groups in total. The zero-order valence-corrected chi connectivity index (χ0v) is 19.9. The molecule has 9 nitrogen and oxygen atoms in total. The average Bonchev–Trinajstić information content (AvgIpc) is 3.64. The molecule has 198 valence electrons. The molecule has 0 radical (unpaired) electrons. The van der Waals surface area contributed by atoms with Gasteiger partial charge in [-0.2, -0.15) is 13.2 Å². The number of carboxylic acid groups (broad SMARTS) is 1. The molecular weight excluding hydrogens is 493 g/mol. The number of carbonyl (C=O) groups is 1. The van der Waals surface area contributed by atoms with Gasteiger partial charge in [-0.05, 0) is 55.7 Å². The smallest absolute Gasteiger partial charge is 0.490 e. The van der Waals surface area contributed by atoms with E-state index in [4.69, 9.17) is 34.8 Å². The number of aliphatic imine (C=N–C) groups is 1. The summed E-state index contributed by atoms with van der Waals surface area (Å²) in [5.74, 6) is -0.950. The van der Waals surface area contributed by atoms with Gasteiger partial charge in [0.1, 0.15) is 30.3 Å². The van der Waals surface area contributed by atoms with E-state index in [-0.39, 0.29) is 24.1 Å². The average molecular weight is 521 g/mol. The first-order valence-electron chi connectivity index (χ1n) is 12.1. The van der Waals surface area contributed by atoms with Gasteiger partial charge >= 0.3 is 12.1 Å². The van der Waals surface area contributed by atoms with Crippen LogP contribution in [-0.2, 0) is 19.8 Å². The fraction of sp³-hybridized carbons (Fsp3) is 0.520. The van der Waals surface area contributed by atoms with E-state index in [0.29, 0.717) is 6.61 Å². The van der Waals surface area contributed by atoms with Crippen molar-refractivity contribution in [3.63, 3.8) is 0 Å². The van der Waals surface area contributed by atoms with Crippen LogP contribution in [0.2, 0.25) is 0 Å². The molecule has 2 aromatic rings. The second kappa shape index (κ2) is 9.81. The minimum atomic E-state index is -5.08. The lowest BCUT2D eigenvalue weighted by Crippen LogP contribution is -2.52. The maximum atomic E-state index is 10.6. The summed E-state index contributed by atoms with van der Waals surface area (Å²) in [5.41, 5.74) is 8.55. The van der Waals surface area contributed by atoms with Crippen molar-refractivity contribution in [2.24, 2.45) is 22.6 Å². The van der Waals surface area contributed by atoms with Crippen molar-refractivity contribution in [3.8, 4) is 16.9 Å². The van der Waals surface area contributed by atoms with Crippen LogP contribution in [0.4, 0.5) is 13.2 Å². The van der Waals surface area contributed by atoms with Crippen molar-refractivity contribution in [1.29, 1.82) is 0 Å². The second-order valence-electron chi connectivity index (χ2n) is 9.78. The number of nitrogens with zero attached hydrogens (tertiary/aromatic N) is 3. The van der Waals surface area contributed by atoms with Gasteiger partial charge in [-0.3, -0.25) is 0 Å². The maximum Gasteiger partial charge on any atom is 0.490 e. The number of hydrogen-bond donors (Lipinski definition) is 2. The Labute approximate surface area is 210 Å². The topological polar surface area (TPSA) is 129 Å². The van der Waals surface area contributed by atoms with Crippen molar-refractivity contribution in [2.45, 2.75) is 56.0 Å². The molecule has 0 amide bonds. The molecule has 0 unspecified atom stereocenters. The fourth-order valence-corrected chi connectivity index (χ4v) is 5.19. The van der Waals surface area contributed by atoms with Crippen LogP contribution in [0, 0.1) is 11.8 Å². The van der Waals surface area contributed by atoms with Crippen LogP contribution < -0.4 is 10.5 Å². The van der Waals surface area contributed by atoms with Crippen molar-refractivity contribution in [1.82, 2.24) is 9.97 Å². The van der Waals surface area contributed by atoms with Crippen LogP contribution in [0.3, 0.4) is 0 Å². The SMILES string of the molecule is NC1=N[C@]2(CO1)c1cc(-c3cncnc3)ccc1O[C@H]1CC[C@H](OCC3CC3)C[C@@H]12.O=C(O)C(F)(F)F. The molecule has 0 bridgehead atoms. The van der Waals surface area contributed by atoms with E-state index < -0.39 is 17.7 Å². The minimum Gasteiger partial charge on any atom is -0.490 e. The van der Waals surface area contributed by atoms with Gasteiger partial charge in [0.25, 0.3) is 6.02 Å².